The van der Waals surface area contributed by atoms with E-state index in [0.717, 1.165) is 0 Å². The lowest BCUT2D eigenvalue weighted by Crippen LogP contribution is -2.50. The molecule has 1 fully saturated rings. The van der Waals surface area contributed by atoms with E-state index in [0.29, 0.717) is 42.6 Å². The van der Waals surface area contributed by atoms with Crippen molar-refractivity contribution in [2.24, 2.45) is 0 Å². The van der Waals surface area contributed by atoms with Gasteiger partial charge in [-0.15, -0.1) is 11.6 Å². The minimum absolute atomic E-state index is 0.140. The number of alkyl halides is 1. The molecule has 2 heterocycles. The summed E-state index contributed by atoms with van der Waals surface area (Å²) in [4.78, 5) is 0.151. The van der Waals surface area contributed by atoms with Gasteiger partial charge >= 0.3 is 0 Å². The largest absolute Gasteiger partial charge is 0.342 e. The Morgan fingerprint density at radius 1 is 1.29 bits per heavy atom. The van der Waals surface area contributed by atoms with Crippen molar-refractivity contribution >= 4 is 33.2 Å². The number of hydrogen-bond acceptors (Lipinski definition) is 4. The second kappa shape index (κ2) is 5.68. The molecule has 0 bridgehead atoms. The van der Waals surface area contributed by atoms with Crippen LogP contribution in [0.2, 0.25) is 5.02 Å². The summed E-state index contributed by atoms with van der Waals surface area (Å²) in [7, 11) is -3.61. The molecule has 0 amide bonds. The zero-order chi connectivity index (χ0) is 15.1. The summed E-state index contributed by atoms with van der Waals surface area (Å²) in [6, 6.07) is 4.77. The lowest BCUT2D eigenvalue weighted by Gasteiger charge is -2.39. The third-order valence-electron chi connectivity index (χ3n) is 3.65. The maximum Gasteiger partial charge on any atom is 0.243 e. The van der Waals surface area contributed by atoms with Crippen molar-refractivity contribution in [2.75, 3.05) is 32.2 Å². The van der Waals surface area contributed by atoms with Crippen molar-refractivity contribution in [3.05, 3.63) is 28.8 Å². The van der Waals surface area contributed by atoms with Crippen LogP contribution in [0.3, 0.4) is 0 Å². The molecule has 8 heteroatoms. The van der Waals surface area contributed by atoms with E-state index in [9.17, 15) is 8.42 Å². The molecule has 0 radical (unpaired) electrons. The van der Waals surface area contributed by atoms with Gasteiger partial charge in [-0.25, -0.2) is 8.42 Å². The lowest BCUT2D eigenvalue weighted by atomic mass is 10.1. The molecule has 0 saturated carbocycles. The van der Waals surface area contributed by atoms with Gasteiger partial charge in [0.25, 0.3) is 0 Å². The fourth-order valence-electron chi connectivity index (χ4n) is 2.70. The van der Waals surface area contributed by atoms with Crippen molar-refractivity contribution < 1.29 is 17.9 Å². The molecule has 1 spiro atoms. The molecule has 116 valence electrons. The van der Waals surface area contributed by atoms with Crippen LogP contribution in [0.5, 0.6) is 0 Å². The number of hydrogen-bond donors (Lipinski definition) is 0. The van der Waals surface area contributed by atoms with Crippen LogP contribution in [-0.4, -0.2) is 44.9 Å². The first-order valence-electron chi connectivity index (χ1n) is 6.64. The quantitative estimate of drug-likeness (QED) is 0.783. The first-order valence-corrected chi connectivity index (χ1v) is 8.99. The Morgan fingerprint density at radius 2 is 2.00 bits per heavy atom. The van der Waals surface area contributed by atoms with E-state index in [2.05, 4.69) is 0 Å². The van der Waals surface area contributed by atoms with Gasteiger partial charge in [-0.1, -0.05) is 17.7 Å². The van der Waals surface area contributed by atoms with Gasteiger partial charge in [-0.2, -0.15) is 4.31 Å². The van der Waals surface area contributed by atoms with Crippen molar-refractivity contribution in [1.29, 1.82) is 0 Å². The van der Waals surface area contributed by atoms with Crippen LogP contribution in [0.4, 0.5) is 0 Å². The van der Waals surface area contributed by atoms with E-state index in [4.69, 9.17) is 32.7 Å². The van der Waals surface area contributed by atoms with Crippen LogP contribution < -0.4 is 0 Å². The normalized spacial score (nSPS) is 23.3. The second-order valence-electron chi connectivity index (χ2n) is 4.97. The number of halogens is 2. The fraction of sp³-hybridized carbons (Fsp3) is 0.538. The van der Waals surface area contributed by atoms with Gasteiger partial charge in [-0.3, -0.25) is 0 Å². The van der Waals surface area contributed by atoms with Gasteiger partial charge < -0.3 is 9.47 Å². The molecule has 1 aromatic carbocycles. The zero-order valence-corrected chi connectivity index (χ0v) is 13.5. The van der Waals surface area contributed by atoms with Crippen LogP contribution in [0.25, 0.3) is 0 Å². The molecule has 3 rings (SSSR count). The summed E-state index contributed by atoms with van der Waals surface area (Å²) < 4.78 is 38.3. The highest BCUT2D eigenvalue weighted by Crippen LogP contribution is 2.42. The number of fused-ring (bicyclic) bond motifs is 2. The first kappa shape index (κ1) is 15.5. The molecule has 0 N–H and O–H groups in total. The fourth-order valence-corrected chi connectivity index (χ4v) is 4.82. The highest BCUT2D eigenvalue weighted by molar-refractivity contribution is 7.89. The maximum atomic E-state index is 12.7. The molecule has 0 aromatic heterocycles. The molecular weight excluding hydrogens is 337 g/mol. The third kappa shape index (κ3) is 2.58. The van der Waals surface area contributed by atoms with Crippen molar-refractivity contribution in [3.63, 3.8) is 0 Å². The van der Waals surface area contributed by atoms with E-state index in [1.54, 1.807) is 12.1 Å². The molecule has 1 saturated heterocycles. The Morgan fingerprint density at radius 3 is 2.67 bits per heavy atom. The standard InChI is InChI=1S/C13H15Cl2NO4S/c14-4-1-5-16-9-13(19-6-7-20-13)11-3-2-10(15)8-12(11)21(16,17)18/h2-3,8H,1,4-7,9H2. The van der Waals surface area contributed by atoms with E-state index >= 15 is 0 Å². The van der Waals surface area contributed by atoms with Gasteiger partial charge in [0.15, 0.2) is 0 Å². The van der Waals surface area contributed by atoms with Gasteiger partial charge in [0.1, 0.15) is 0 Å². The molecule has 0 unspecified atom stereocenters. The third-order valence-corrected chi connectivity index (χ3v) is 6.04. The number of ether oxygens (including phenoxy) is 2. The van der Waals surface area contributed by atoms with Gasteiger partial charge in [0, 0.05) is 23.0 Å². The minimum atomic E-state index is -3.61. The van der Waals surface area contributed by atoms with Crippen molar-refractivity contribution in [1.82, 2.24) is 4.31 Å². The highest BCUT2D eigenvalue weighted by atomic mass is 35.5. The van der Waals surface area contributed by atoms with Crippen LogP contribution in [-0.2, 0) is 25.3 Å². The Bertz CT molecular complexity index is 644. The number of sulfonamides is 1. The maximum absolute atomic E-state index is 12.7. The van der Waals surface area contributed by atoms with Crippen LogP contribution in [0, 0.1) is 0 Å². The lowest BCUT2D eigenvalue weighted by molar-refractivity contribution is -0.176. The molecule has 21 heavy (non-hydrogen) atoms. The van der Waals surface area contributed by atoms with Gasteiger partial charge in [-0.05, 0) is 18.6 Å². The van der Waals surface area contributed by atoms with Gasteiger partial charge in [0.2, 0.25) is 15.8 Å². The summed E-state index contributed by atoms with van der Waals surface area (Å²) in [5.41, 5.74) is 0.520. The van der Waals surface area contributed by atoms with Crippen LogP contribution in [0.1, 0.15) is 12.0 Å². The molecule has 2 aliphatic rings. The molecule has 2 aliphatic heterocycles. The van der Waals surface area contributed by atoms with E-state index in [1.807, 2.05) is 0 Å². The summed E-state index contributed by atoms with van der Waals surface area (Å²) in [5, 5.41) is 0.365. The van der Waals surface area contributed by atoms with E-state index in [1.165, 1.54) is 10.4 Å². The zero-order valence-electron chi connectivity index (χ0n) is 11.2. The molecule has 0 aliphatic carbocycles. The average molecular weight is 352 g/mol. The Balaban J connectivity index is 2.12. The monoisotopic (exact) mass is 351 g/mol. The number of rotatable bonds is 3. The predicted octanol–water partition coefficient (Wildman–Crippen LogP) is 2.17. The SMILES string of the molecule is O=S1(=O)c2cc(Cl)ccc2C2(CN1CCCCl)OCCO2. The molecule has 0 atom stereocenters. The Hall–Kier alpha value is -0.370. The number of benzene rings is 1. The highest BCUT2D eigenvalue weighted by Gasteiger charge is 2.50. The van der Waals surface area contributed by atoms with E-state index in [-0.39, 0.29) is 11.4 Å². The summed E-state index contributed by atoms with van der Waals surface area (Å²) >= 11 is 11.7. The molecule has 1 aromatic rings. The summed E-state index contributed by atoms with van der Waals surface area (Å²) in [6.45, 7) is 1.34. The van der Waals surface area contributed by atoms with Crippen LogP contribution >= 0.6 is 23.2 Å². The Labute approximate surface area is 133 Å². The van der Waals surface area contributed by atoms with Gasteiger partial charge in [0.05, 0.1) is 24.7 Å². The topological polar surface area (TPSA) is 55.8 Å². The first-order chi connectivity index (χ1) is 9.99. The minimum Gasteiger partial charge on any atom is -0.342 e. The van der Waals surface area contributed by atoms with Crippen molar-refractivity contribution in [2.45, 2.75) is 17.1 Å². The smallest absolute Gasteiger partial charge is 0.243 e. The van der Waals surface area contributed by atoms with Crippen molar-refractivity contribution in [3.8, 4) is 0 Å². The molecular formula is C13H15Cl2NO4S. The summed E-state index contributed by atoms with van der Waals surface area (Å²) in [6.07, 6.45) is 0.562. The molecule has 5 nitrogen and oxygen atoms in total. The predicted molar refractivity (Wildman–Crippen MR) is 79.1 cm³/mol. The summed E-state index contributed by atoms with van der Waals surface area (Å²) in [5.74, 6) is -0.638. The second-order valence-corrected chi connectivity index (χ2v) is 7.69. The average Bonchev–Trinajstić information content (AvgIpc) is 2.91. The number of nitrogens with zero attached hydrogens (tertiary/aromatic N) is 1. The van der Waals surface area contributed by atoms with E-state index < -0.39 is 15.8 Å². The Kier molecular flexibility index (Phi) is 4.20. The van der Waals surface area contributed by atoms with Crippen LogP contribution in [0.15, 0.2) is 23.1 Å².